The van der Waals surface area contributed by atoms with Crippen molar-refractivity contribution < 1.29 is 20.2 Å². The second-order valence-corrected chi connectivity index (χ2v) is 6.55. The average molecular weight is 392 g/mol. The van der Waals surface area contributed by atoms with Crippen LogP contribution in [0.1, 0.15) is 23.1 Å². The highest BCUT2D eigenvalue weighted by Gasteiger charge is 2.38. The molecule has 0 aliphatic carbocycles. The lowest BCUT2D eigenvalue weighted by Gasteiger charge is -2.37. The van der Waals surface area contributed by atoms with Gasteiger partial charge in [-0.05, 0) is 16.7 Å². The number of rotatable bonds is 7. The summed E-state index contributed by atoms with van der Waals surface area (Å²) in [5.74, 6) is -1.65. The molecule has 6 heteroatoms. The first kappa shape index (κ1) is 21.8. The van der Waals surface area contributed by atoms with Crippen LogP contribution >= 0.6 is 0 Å². The van der Waals surface area contributed by atoms with Gasteiger partial charge in [0.1, 0.15) is 11.6 Å². The molecule has 3 aromatic rings. The highest BCUT2D eigenvalue weighted by atomic mass is 16.4. The van der Waals surface area contributed by atoms with Crippen molar-refractivity contribution in [1.29, 1.82) is 0 Å². The predicted molar refractivity (Wildman–Crippen MR) is 111 cm³/mol. The number of benzene rings is 3. The Bertz CT molecular complexity index is 834. The number of carbonyl (C=O) groups is 2. The molecule has 0 spiro atoms. The molecule has 0 aliphatic heterocycles. The van der Waals surface area contributed by atoms with Crippen LogP contribution in [-0.4, -0.2) is 28.5 Å². The van der Waals surface area contributed by atoms with Crippen molar-refractivity contribution in [3.63, 3.8) is 0 Å². The lowest BCUT2D eigenvalue weighted by Crippen LogP contribution is -2.49. The van der Waals surface area contributed by atoms with Gasteiger partial charge in [0.25, 0.3) is 0 Å². The Morgan fingerprint density at radius 2 is 1.14 bits per heavy atom. The first-order valence-corrected chi connectivity index (χ1v) is 9.00. The third-order valence-electron chi connectivity index (χ3n) is 4.67. The van der Waals surface area contributed by atoms with Crippen LogP contribution in [0.5, 0.6) is 0 Å². The summed E-state index contributed by atoms with van der Waals surface area (Å²) in [6, 6.07) is 27.6. The number of aliphatic carboxylic acids is 1. The summed E-state index contributed by atoms with van der Waals surface area (Å²) in [4.78, 5) is 23.9. The summed E-state index contributed by atoms with van der Waals surface area (Å²) in [5, 5.41) is 12.2. The van der Waals surface area contributed by atoms with Crippen molar-refractivity contribution in [2.24, 2.45) is 5.73 Å². The summed E-state index contributed by atoms with van der Waals surface area (Å²) in [6.45, 7) is 0. The van der Waals surface area contributed by atoms with Gasteiger partial charge in [-0.3, -0.25) is 9.59 Å². The van der Waals surface area contributed by atoms with Gasteiger partial charge in [-0.15, -0.1) is 0 Å². The van der Waals surface area contributed by atoms with Crippen LogP contribution in [0.3, 0.4) is 0 Å². The predicted octanol–water partition coefficient (Wildman–Crippen LogP) is 2.07. The van der Waals surface area contributed by atoms with Gasteiger partial charge in [0, 0.05) is 0 Å². The molecule has 0 fully saturated rings. The normalized spacial score (nSPS) is 11.8. The van der Waals surface area contributed by atoms with Crippen molar-refractivity contribution >= 4 is 11.9 Å². The van der Waals surface area contributed by atoms with Crippen molar-refractivity contribution in [2.45, 2.75) is 18.0 Å². The Labute approximate surface area is 169 Å². The molecule has 6 nitrogen and oxygen atoms in total. The Hall–Kier alpha value is -3.48. The molecule has 0 bridgehead atoms. The number of carboxylic acids is 1. The minimum Gasteiger partial charge on any atom is -0.480 e. The highest BCUT2D eigenvalue weighted by molar-refractivity contribution is 5.85. The van der Waals surface area contributed by atoms with Crippen LogP contribution in [0.2, 0.25) is 0 Å². The number of hydrogen-bond donors (Lipinski definition) is 3. The molecular formula is C23H24N2O4. The topological polar surface area (TPSA) is 124 Å². The second kappa shape index (κ2) is 9.64. The van der Waals surface area contributed by atoms with Crippen LogP contribution in [0.4, 0.5) is 0 Å². The largest absolute Gasteiger partial charge is 0.480 e. The van der Waals surface area contributed by atoms with Gasteiger partial charge in [0.05, 0.1) is 6.42 Å². The lowest BCUT2D eigenvalue weighted by atomic mass is 9.77. The summed E-state index contributed by atoms with van der Waals surface area (Å²) >= 11 is 0. The second-order valence-electron chi connectivity index (χ2n) is 6.55. The van der Waals surface area contributed by atoms with E-state index in [9.17, 15) is 9.59 Å². The van der Waals surface area contributed by atoms with Gasteiger partial charge < -0.3 is 21.6 Å². The minimum atomic E-state index is -1.26. The van der Waals surface area contributed by atoms with Crippen LogP contribution < -0.4 is 11.1 Å². The van der Waals surface area contributed by atoms with Gasteiger partial charge in [-0.1, -0.05) is 91.0 Å². The molecular weight excluding hydrogens is 368 g/mol. The molecule has 0 aliphatic rings. The number of carboxylic acid groups (broad SMARTS) is 1. The Kier molecular flexibility index (Phi) is 7.25. The Morgan fingerprint density at radius 1 is 0.793 bits per heavy atom. The minimum absolute atomic E-state index is 0. The van der Waals surface area contributed by atoms with Crippen molar-refractivity contribution in [2.75, 3.05) is 0 Å². The zero-order valence-corrected chi connectivity index (χ0v) is 15.8. The summed E-state index contributed by atoms with van der Waals surface area (Å²) in [5.41, 5.74) is 7.22. The van der Waals surface area contributed by atoms with Crippen LogP contribution in [-0.2, 0) is 15.1 Å². The number of carbonyl (C=O) groups excluding carboxylic acids is 1. The van der Waals surface area contributed by atoms with Crippen molar-refractivity contribution in [3.8, 4) is 0 Å². The fourth-order valence-corrected chi connectivity index (χ4v) is 3.33. The summed E-state index contributed by atoms with van der Waals surface area (Å²) in [7, 11) is 0. The van der Waals surface area contributed by atoms with E-state index in [2.05, 4.69) is 5.32 Å². The molecule has 29 heavy (non-hydrogen) atoms. The molecule has 0 unspecified atom stereocenters. The van der Waals surface area contributed by atoms with E-state index in [0.29, 0.717) is 0 Å². The fourth-order valence-electron chi connectivity index (χ4n) is 3.33. The number of nitrogens with two attached hydrogens (primary N) is 1. The van der Waals surface area contributed by atoms with E-state index in [-0.39, 0.29) is 11.9 Å². The quantitative estimate of drug-likeness (QED) is 0.532. The van der Waals surface area contributed by atoms with E-state index < -0.39 is 23.5 Å². The van der Waals surface area contributed by atoms with Gasteiger partial charge in [-0.2, -0.15) is 0 Å². The molecule has 0 radical (unpaired) electrons. The Balaban J connectivity index is 0.00000300. The average Bonchev–Trinajstić information content (AvgIpc) is 2.74. The van der Waals surface area contributed by atoms with Crippen LogP contribution in [0.15, 0.2) is 91.0 Å². The fraction of sp³-hybridized carbons (Fsp3) is 0.130. The third kappa shape index (κ3) is 4.68. The zero-order chi connectivity index (χ0) is 20.0. The van der Waals surface area contributed by atoms with E-state index in [4.69, 9.17) is 10.8 Å². The molecule has 150 valence electrons. The van der Waals surface area contributed by atoms with E-state index in [0.717, 1.165) is 16.7 Å². The molecule has 1 atom stereocenters. The van der Waals surface area contributed by atoms with Gasteiger partial charge >= 0.3 is 5.97 Å². The smallest absolute Gasteiger partial charge is 0.321 e. The van der Waals surface area contributed by atoms with Crippen LogP contribution in [0.25, 0.3) is 0 Å². The van der Waals surface area contributed by atoms with E-state index >= 15 is 0 Å². The maximum atomic E-state index is 12.8. The standard InChI is InChI=1S/C23H22N2O3.H2O/c24-20(22(27)28)16-21(26)25-23(17-10-4-1-5-11-17,18-12-6-2-7-13-18)19-14-8-3-9-15-19;/h1-15,20H,16,24H2,(H,25,26)(H,27,28);1H2/t20-;/m0./s1. The van der Waals surface area contributed by atoms with Crippen molar-refractivity contribution in [1.82, 2.24) is 5.32 Å². The maximum absolute atomic E-state index is 12.8. The zero-order valence-electron chi connectivity index (χ0n) is 15.8. The first-order chi connectivity index (χ1) is 13.5. The molecule has 0 aromatic heterocycles. The molecule has 0 heterocycles. The van der Waals surface area contributed by atoms with E-state index in [1.165, 1.54) is 0 Å². The molecule has 0 saturated carbocycles. The molecule has 3 rings (SSSR count). The maximum Gasteiger partial charge on any atom is 0.321 e. The molecule has 1 amide bonds. The van der Waals surface area contributed by atoms with E-state index in [1.807, 2.05) is 91.0 Å². The van der Waals surface area contributed by atoms with Gasteiger partial charge in [0.2, 0.25) is 5.91 Å². The van der Waals surface area contributed by atoms with Gasteiger partial charge in [-0.25, -0.2) is 0 Å². The van der Waals surface area contributed by atoms with Crippen molar-refractivity contribution in [3.05, 3.63) is 108 Å². The third-order valence-corrected chi connectivity index (χ3v) is 4.67. The molecule has 3 aromatic carbocycles. The van der Waals surface area contributed by atoms with Crippen LogP contribution in [0, 0.1) is 0 Å². The summed E-state index contributed by atoms with van der Waals surface area (Å²) in [6.07, 6.45) is -0.316. The Morgan fingerprint density at radius 3 is 1.45 bits per heavy atom. The first-order valence-electron chi connectivity index (χ1n) is 9.00. The molecule has 6 N–H and O–H groups in total. The molecule has 0 saturated heterocycles. The number of nitrogens with one attached hydrogen (secondary N) is 1. The monoisotopic (exact) mass is 392 g/mol. The highest BCUT2D eigenvalue weighted by Crippen LogP contribution is 2.36. The van der Waals surface area contributed by atoms with Gasteiger partial charge in [0.15, 0.2) is 0 Å². The lowest BCUT2D eigenvalue weighted by molar-refractivity contribution is -0.140. The number of hydrogen-bond acceptors (Lipinski definition) is 3. The SMILES string of the molecule is N[C@@H](CC(=O)NC(c1ccccc1)(c1ccccc1)c1ccccc1)C(=O)O.O. The van der Waals surface area contributed by atoms with E-state index in [1.54, 1.807) is 0 Å². The summed E-state index contributed by atoms with van der Waals surface area (Å²) < 4.78 is 0. The number of amides is 1.